The van der Waals surface area contributed by atoms with Crippen molar-refractivity contribution in [2.24, 2.45) is 0 Å². The van der Waals surface area contributed by atoms with Gasteiger partial charge in [-0.05, 0) is 0 Å². The van der Waals surface area contributed by atoms with Gasteiger partial charge in [0.1, 0.15) is 0 Å². The topological polar surface area (TPSA) is 153 Å². The van der Waals surface area contributed by atoms with Gasteiger partial charge in [-0.3, -0.25) is 0 Å². The van der Waals surface area contributed by atoms with Crippen LogP contribution in [0.4, 0.5) is 0 Å². The summed E-state index contributed by atoms with van der Waals surface area (Å²) >= 11 is 0. The van der Waals surface area contributed by atoms with E-state index in [4.69, 9.17) is 70.8 Å². The third-order valence-corrected chi connectivity index (χ3v) is 22.6. The Hall–Kier alpha value is 3.62. The molecule has 2 aliphatic heterocycles. The minimum Gasteiger partial charge on any atom is -0.668 e. The molecule has 0 spiro atoms. The van der Waals surface area contributed by atoms with Crippen LogP contribution in [0.25, 0.3) is 13.9 Å². The van der Waals surface area contributed by atoms with E-state index in [1.165, 1.54) is 0 Å². The van der Waals surface area contributed by atoms with Crippen LogP contribution in [-0.2, 0) is 56.8 Å². The molecule has 0 amide bonds. The zero-order valence-corrected chi connectivity index (χ0v) is 56.8. The maximum Gasteiger partial charge on any atom is 1.00 e. The maximum absolute atomic E-state index is 5.33. The van der Waals surface area contributed by atoms with Gasteiger partial charge in [-0.1, -0.05) is 167 Å². The Morgan fingerprint density at radius 2 is 0.246 bits per heavy atom. The molecule has 393 valence electrons. The Kier molecular flexibility index (Phi) is 57.9. The molecular weight excluding hydrogens is 1110 g/mol. The van der Waals surface area contributed by atoms with Crippen LogP contribution >= 0.6 is 0 Å². The van der Waals surface area contributed by atoms with E-state index in [0.717, 1.165) is 0 Å². The van der Waals surface area contributed by atoms with Crippen LogP contribution in [0.1, 0.15) is 0 Å². The number of nitrogens with zero attached hydrogens (tertiary/aromatic N) is 3. The normalized spacial score (nSPS) is 19.1. The molecule has 2 fully saturated rings. The summed E-state index contributed by atoms with van der Waals surface area (Å²) in [5.74, 6) is 0. The van der Waals surface area contributed by atoms with Crippen molar-refractivity contribution >= 4 is 49.4 Å². The fraction of sp³-hybridized carbons (Fsp3) is 1.00. The predicted molar refractivity (Wildman–Crippen MR) is 280 cm³/mol. The molecule has 65 heavy (non-hydrogen) atoms. The van der Waals surface area contributed by atoms with Crippen molar-refractivity contribution in [1.82, 2.24) is 0 Å². The first-order valence-corrected chi connectivity index (χ1v) is 44.0. The average Bonchev–Trinajstić information content (AvgIpc) is 3.08. The van der Waals surface area contributed by atoms with E-state index < -0.39 is 49.4 Å². The van der Waals surface area contributed by atoms with Crippen LogP contribution in [-0.4, -0.2) is 208 Å². The van der Waals surface area contributed by atoms with Crippen molar-refractivity contribution in [1.29, 1.82) is 0 Å². The number of hydrogen-bond acceptors (Lipinski definition) is 12. The summed E-state index contributed by atoms with van der Waals surface area (Å²) in [5, 5.41) is 0. The standard InChI is InChI=1S/2C12H24O6.3C6H18NSi2.K.Tb/c2*1-2-14-5-6-16-9-10-18-12-11-17-8-7-15-4-3-13-1;3*1-8(2,3)7-9(4,5)6;;/h2*1-12H2;3*1-6H3;;/q;;3*-1;+1;. The fourth-order valence-electron chi connectivity index (χ4n) is 5.66. The zero-order valence-electron chi connectivity index (χ0n) is 45.5. The maximum atomic E-state index is 5.33. The number of hydrogen-bond donors (Lipinski definition) is 0. The van der Waals surface area contributed by atoms with E-state index in [0.29, 0.717) is 159 Å². The molecule has 1 radical (unpaired) electrons. The summed E-state index contributed by atoms with van der Waals surface area (Å²) < 4.78 is 78.4. The monoisotopic (exact) mass is 1210 g/mol. The first-order valence-electron chi connectivity index (χ1n) is 23.3. The van der Waals surface area contributed by atoms with E-state index in [1.807, 2.05) is 0 Å². The minimum atomic E-state index is -1.11. The van der Waals surface area contributed by atoms with Crippen molar-refractivity contribution < 1.29 is 147 Å². The van der Waals surface area contributed by atoms with Crippen LogP contribution in [0.3, 0.4) is 0 Å². The summed E-state index contributed by atoms with van der Waals surface area (Å²) in [6.45, 7) is 55.4. The van der Waals surface area contributed by atoms with Crippen LogP contribution in [0, 0.1) is 38.6 Å². The van der Waals surface area contributed by atoms with Crippen molar-refractivity contribution in [2.75, 3.05) is 159 Å². The van der Waals surface area contributed by atoms with E-state index >= 15 is 0 Å². The van der Waals surface area contributed by atoms with Crippen LogP contribution in [0.15, 0.2) is 0 Å². The molecule has 15 nitrogen and oxygen atoms in total. The van der Waals surface area contributed by atoms with Gasteiger partial charge >= 0.3 is 51.4 Å². The summed E-state index contributed by atoms with van der Waals surface area (Å²) in [4.78, 5) is 0. The SMILES string of the molecule is C1COCCOCCOCCOCCOCCO1.C1COCCOCCOCCOCCOCCO1.C[Si](C)(C)[N-][Si](C)(C)C.C[Si](C)(C)[N-][Si](C)(C)C.C[Si](C)(C)[N-][Si](C)(C)C.[K+].[Tb]. The van der Waals surface area contributed by atoms with Gasteiger partial charge in [0, 0.05) is 38.6 Å². The predicted octanol–water partition coefficient (Wildman–Crippen LogP) is 6.29. The smallest absolute Gasteiger partial charge is 0.668 e. The summed E-state index contributed by atoms with van der Waals surface area (Å²) in [7, 11) is -6.64. The molecule has 0 aromatic heterocycles. The second-order valence-electron chi connectivity index (χ2n) is 20.7. The van der Waals surface area contributed by atoms with Gasteiger partial charge in [-0.2, -0.15) is 0 Å². The van der Waals surface area contributed by atoms with Gasteiger partial charge < -0.3 is 70.8 Å². The van der Waals surface area contributed by atoms with Gasteiger partial charge in [-0.25, -0.2) is 0 Å². The van der Waals surface area contributed by atoms with E-state index in [9.17, 15) is 0 Å². The number of rotatable bonds is 6. The van der Waals surface area contributed by atoms with Gasteiger partial charge in [-0.15, -0.1) is 0 Å². The molecule has 0 bridgehead atoms. The van der Waals surface area contributed by atoms with Gasteiger partial charge in [0.05, 0.1) is 159 Å². The first-order chi connectivity index (χ1) is 29.1. The molecule has 0 atom stereocenters. The largest absolute Gasteiger partial charge is 1.00 e. The van der Waals surface area contributed by atoms with Crippen LogP contribution in [0.2, 0.25) is 118 Å². The number of ether oxygens (including phenoxy) is 12. The van der Waals surface area contributed by atoms with Gasteiger partial charge in [0.15, 0.2) is 0 Å². The van der Waals surface area contributed by atoms with E-state index in [1.54, 1.807) is 0 Å². The fourth-order valence-corrected chi connectivity index (χ4v) is 29.8. The Morgan fingerprint density at radius 3 is 0.277 bits per heavy atom. The van der Waals surface area contributed by atoms with Gasteiger partial charge in [0.2, 0.25) is 0 Å². The van der Waals surface area contributed by atoms with Crippen molar-refractivity contribution in [3.63, 3.8) is 0 Å². The minimum absolute atomic E-state index is 0. The Balaban J connectivity index is -0.000000239. The molecule has 23 heteroatoms. The van der Waals surface area contributed by atoms with Crippen molar-refractivity contribution in [2.45, 2.75) is 118 Å². The Labute approximate surface area is 480 Å². The first kappa shape index (κ1) is 77.5. The molecule has 0 aromatic rings. The molecule has 0 aromatic carbocycles. The third-order valence-electron chi connectivity index (χ3n) is 6.48. The Bertz CT molecular complexity index is 695. The molecule has 2 rings (SSSR count). The van der Waals surface area contributed by atoms with Crippen molar-refractivity contribution in [3.05, 3.63) is 13.9 Å². The van der Waals surface area contributed by atoms with Gasteiger partial charge in [0.25, 0.3) is 0 Å². The zero-order chi connectivity index (χ0) is 48.6. The quantitative estimate of drug-likeness (QED) is 0.275. The summed E-state index contributed by atoms with van der Waals surface area (Å²) in [5.41, 5.74) is 0. The van der Waals surface area contributed by atoms with Crippen molar-refractivity contribution in [3.8, 4) is 0 Å². The summed E-state index contributed by atoms with van der Waals surface area (Å²) in [6.07, 6.45) is 0. The third kappa shape index (κ3) is 87.7. The average molecular weight is 1210 g/mol. The van der Waals surface area contributed by atoms with Crippen LogP contribution in [0.5, 0.6) is 0 Å². The molecule has 2 aliphatic rings. The van der Waals surface area contributed by atoms with E-state index in [2.05, 4.69) is 118 Å². The van der Waals surface area contributed by atoms with Crippen LogP contribution < -0.4 is 51.4 Å². The second kappa shape index (κ2) is 48.6. The molecule has 0 saturated carbocycles. The Morgan fingerprint density at radius 1 is 0.185 bits per heavy atom. The molecule has 2 heterocycles. The van der Waals surface area contributed by atoms with E-state index in [-0.39, 0.29) is 90.0 Å². The molecule has 0 aliphatic carbocycles. The molecule has 2 saturated heterocycles. The molecular formula is C42H102KN3O12Si6Tb-2. The molecule has 0 N–H and O–H groups in total. The summed E-state index contributed by atoms with van der Waals surface area (Å²) in [6, 6.07) is 0. The molecule has 0 unspecified atom stereocenters. The second-order valence-corrected chi connectivity index (χ2v) is 49.4.